The first-order chi connectivity index (χ1) is 17.0. The average Bonchev–Trinajstić information content (AvgIpc) is 3.20. The van der Waals surface area contributed by atoms with Crippen LogP contribution in [-0.2, 0) is 21.5 Å². The lowest BCUT2D eigenvalue weighted by Gasteiger charge is -2.31. The van der Waals surface area contributed by atoms with E-state index in [2.05, 4.69) is 41.5 Å². The molecule has 1 aliphatic rings. The fourth-order valence-corrected chi connectivity index (χ4v) is 6.86. The number of piperidine rings is 1. The van der Waals surface area contributed by atoms with E-state index < -0.39 is 18.1 Å². The van der Waals surface area contributed by atoms with E-state index in [9.17, 15) is 8.42 Å². The molecule has 0 N–H and O–H groups in total. The minimum atomic E-state index is -3.53. The second kappa shape index (κ2) is 11.0. The van der Waals surface area contributed by atoms with Gasteiger partial charge in [0.2, 0.25) is 10.0 Å². The van der Waals surface area contributed by atoms with Gasteiger partial charge in [0, 0.05) is 45.6 Å². The molecule has 3 aromatic rings. The molecular formula is C27H39N3O4SSi. The first-order valence-electron chi connectivity index (χ1n) is 12.8. The molecule has 0 saturated carbocycles. The quantitative estimate of drug-likeness (QED) is 0.249. The zero-order valence-electron chi connectivity index (χ0n) is 22.1. The van der Waals surface area contributed by atoms with Gasteiger partial charge in [-0.1, -0.05) is 19.6 Å². The van der Waals surface area contributed by atoms with Gasteiger partial charge in [0.25, 0.3) is 0 Å². The molecule has 0 unspecified atom stereocenters. The van der Waals surface area contributed by atoms with E-state index in [1.54, 1.807) is 28.6 Å². The molecule has 196 valence electrons. The predicted octanol–water partition coefficient (Wildman–Crippen LogP) is 5.70. The normalized spacial score (nSPS) is 16.2. The Morgan fingerprint density at radius 1 is 1.08 bits per heavy atom. The molecule has 3 heterocycles. The number of pyridine rings is 1. The fraction of sp³-hybridized carbons (Fsp3) is 0.519. The lowest BCUT2D eigenvalue weighted by Crippen LogP contribution is -2.37. The van der Waals surface area contributed by atoms with Gasteiger partial charge in [0.1, 0.15) is 18.1 Å². The van der Waals surface area contributed by atoms with Crippen LogP contribution in [0.1, 0.15) is 38.2 Å². The molecule has 7 nitrogen and oxygen atoms in total. The van der Waals surface area contributed by atoms with Gasteiger partial charge in [-0.2, -0.15) is 4.31 Å². The van der Waals surface area contributed by atoms with Gasteiger partial charge >= 0.3 is 0 Å². The van der Waals surface area contributed by atoms with Crippen LogP contribution in [0, 0.1) is 0 Å². The lowest BCUT2D eigenvalue weighted by atomic mass is 9.90. The largest absolute Gasteiger partial charge is 0.491 e. The molecule has 9 heteroatoms. The molecule has 0 amide bonds. The molecule has 1 fully saturated rings. The van der Waals surface area contributed by atoms with Crippen molar-refractivity contribution in [2.24, 2.45) is 0 Å². The summed E-state index contributed by atoms with van der Waals surface area (Å²) in [6.45, 7) is 13.2. The molecule has 1 aliphatic heterocycles. The van der Waals surface area contributed by atoms with Crippen LogP contribution < -0.4 is 4.74 Å². The minimum absolute atomic E-state index is 0.0457. The van der Waals surface area contributed by atoms with Crippen molar-refractivity contribution >= 4 is 29.1 Å². The van der Waals surface area contributed by atoms with Crippen LogP contribution in [0.3, 0.4) is 0 Å². The van der Waals surface area contributed by atoms with Gasteiger partial charge in [-0.3, -0.25) is 0 Å². The number of ether oxygens (including phenoxy) is 2. The van der Waals surface area contributed by atoms with Crippen LogP contribution in [0.15, 0.2) is 53.7 Å². The number of nitrogens with zero attached hydrogens (tertiary/aromatic N) is 3. The molecule has 36 heavy (non-hydrogen) atoms. The number of fused-ring (bicyclic) bond motifs is 1. The van der Waals surface area contributed by atoms with Gasteiger partial charge in [-0.25, -0.2) is 13.4 Å². The SMILES string of the molecule is CC(C)Oc1ccc(S(=O)(=O)N2CCC(c3cn(COCC[Si](C)(C)C)c4ncccc34)CC2)cc1. The van der Waals surface area contributed by atoms with Gasteiger partial charge < -0.3 is 14.0 Å². The van der Waals surface area contributed by atoms with Gasteiger partial charge in [-0.05, 0) is 80.6 Å². The number of aromatic nitrogens is 2. The summed E-state index contributed by atoms with van der Waals surface area (Å²) in [5.74, 6) is 0.963. The molecule has 0 spiro atoms. The van der Waals surface area contributed by atoms with E-state index in [0.29, 0.717) is 30.5 Å². The van der Waals surface area contributed by atoms with E-state index in [1.165, 1.54) is 5.56 Å². The summed E-state index contributed by atoms with van der Waals surface area (Å²) in [7, 11) is -4.67. The van der Waals surface area contributed by atoms with E-state index in [4.69, 9.17) is 9.47 Å². The standard InChI is InChI=1S/C27H39N3O4SSi/c1-21(2)34-23-8-10-24(11-9-23)35(31,32)30-15-12-22(13-16-30)26-19-29(20-33-17-18-36(3,4)5)27-25(26)7-6-14-28-27/h6-11,14,19,21-22H,12-13,15-18,20H2,1-5H3. The lowest BCUT2D eigenvalue weighted by molar-refractivity contribution is 0.0897. The molecule has 2 aromatic heterocycles. The monoisotopic (exact) mass is 529 g/mol. The third-order valence-electron chi connectivity index (χ3n) is 6.62. The van der Waals surface area contributed by atoms with Crippen molar-refractivity contribution in [3.05, 3.63) is 54.4 Å². The summed E-state index contributed by atoms with van der Waals surface area (Å²) in [6, 6.07) is 11.9. The molecule has 0 atom stereocenters. The van der Waals surface area contributed by atoms with Crippen LogP contribution in [0.2, 0.25) is 25.7 Å². The Morgan fingerprint density at radius 2 is 1.78 bits per heavy atom. The van der Waals surface area contributed by atoms with Gasteiger partial charge in [0.05, 0.1) is 11.0 Å². The first-order valence-corrected chi connectivity index (χ1v) is 18.0. The van der Waals surface area contributed by atoms with E-state index in [0.717, 1.165) is 36.5 Å². The van der Waals surface area contributed by atoms with E-state index in [-0.39, 0.29) is 12.0 Å². The maximum atomic E-state index is 13.3. The zero-order valence-corrected chi connectivity index (χ0v) is 23.9. The van der Waals surface area contributed by atoms with E-state index in [1.807, 2.05) is 26.1 Å². The van der Waals surface area contributed by atoms with Gasteiger partial charge in [0.15, 0.2) is 0 Å². The summed E-state index contributed by atoms with van der Waals surface area (Å²) < 4.78 is 41.9. The third-order valence-corrected chi connectivity index (χ3v) is 10.2. The highest BCUT2D eigenvalue weighted by atomic mass is 32.2. The summed E-state index contributed by atoms with van der Waals surface area (Å²) >= 11 is 0. The maximum absolute atomic E-state index is 13.3. The van der Waals surface area contributed by atoms with E-state index >= 15 is 0 Å². The number of benzene rings is 1. The molecular weight excluding hydrogens is 490 g/mol. The molecule has 0 aliphatic carbocycles. The van der Waals surface area contributed by atoms with Crippen molar-refractivity contribution in [1.29, 1.82) is 0 Å². The minimum Gasteiger partial charge on any atom is -0.491 e. The second-order valence-corrected chi connectivity index (χ2v) is 18.7. The maximum Gasteiger partial charge on any atom is 0.243 e. The van der Waals surface area contributed by atoms with Crippen LogP contribution >= 0.6 is 0 Å². The van der Waals surface area contributed by atoms with Crippen LogP contribution in [0.25, 0.3) is 11.0 Å². The Bertz CT molecular complexity index is 1260. The van der Waals surface area contributed by atoms with Crippen LogP contribution in [-0.4, -0.2) is 56.1 Å². The van der Waals surface area contributed by atoms with Crippen LogP contribution in [0.5, 0.6) is 5.75 Å². The number of hydrogen-bond donors (Lipinski definition) is 0. The van der Waals surface area contributed by atoms with Crippen LogP contribution in [0.4, 0.5) is 0 Å². The topological polar surface area (TPSA) is 73.7 Å². The highest BCUT2D eigenvalue weighted by Gasteiger charge is 2.31. The molecule has 0 radical (unpaired) electrons. The smallest absolute Gasteiger partial charge is 0.243 e. The summed E-state index contributed by atoms with van der Waals surface area (Å²) in [6.07, 6.45) is 5.58. The van der Waals surface area contributed by atoms with Crippen molar-refractivity contribution in [3.63, 3.8) is 0 Å². The molecule has 1 saturated heterocycles. The fourth-order valence-electron chi connectivity index (χ4n) is 4.63. The third kappa shape index (κ3) is 6.37. The Kier molecular flexibility index (Phi) is 8.24. The first kappa shape index (κ1) is 26.8. The Labute approximate surface area is 216 Å². The summed E-state index contributed by atoms with van der Waals surface area (Å²) in [4.78, 5) is 4.93. The highest BCUT2D eigenvalue weighted by molar-refractivity contribution is 7.89. The Balaban J connectivity index is 1.43. The number of sulfonamides is 1. The van der Waals surface area contributed by atoms with Crippen molar-refractivity contribution in [2.75, 3.05) is 19.7 Å². The number of hydrogen-bond acceptors (Lipinski definition) is 5. The number of rotatable bonds is 10. The predicted molar refractivity (Wildman–Crippen MR) is 147 cm³/mol. The second-order valence-electron chi connectivity index (χ2n) is 11.1. The Morgan fingerprint density at radius 3 is 2.42 bits per heavy atom. The van der Waals surface area contributed by atoms with Gasteiger partial charge in [-0.15, -0.1) is 0 Å². The van der Waals surface area contributed by atoms with Crippen molar-refractivity contribution < 1.29 is 17.9 Å². The molecule has 4 rings (SSSR count). The summed E-state index contributed by atoms with van der Waals surface area (Å²) in [5.41, 5.74) is 2.17. The van der Waals surface area contributed by atoms with Crippen molar-refractivity contribution in [3.8, 4) is 5.75 Å². The molecule has 0 bridgehead atoms. The molecule has 1 aromatic carbocycles. The van der Waals surface area contributed by atoms with Crippen molar-refractivity contribution in [1.82, 2.24) is 13.9 Å². The average molecular weight is 530 g/mol. The zero-order chi connectivity index (χ0) is 25.9. The highest BCUT2D eigenvalue weighted by Crippen LogP contribution is 2.35. The van der Waals surface area contributed by atoms with Crippen molar-refractivity contribution in [2.45, 2.75) is 76.0 Å². The Hall–Kier alpha value is -2.20. The summed E-state index contributed by atoms with van der Waals surface area (Å²) in [5, 5.41) is 1.13.